The van der Waals surface area contributed by atoms with Crippen LogP contribution in [-0.4, -0.2) is 67.4 Å². The number of fused-ring (bicyclic) bond motifs is 1. The molecule has 0 bridgehead atoms. The Hall–Kier alpha value is -3.46. The van der Waals surface area contributed by atoms with Gasteiger partial charge in [-0.25, -0.2) is 4.68 Å². The standard InChI is InChI=1S/C22H24N6O3/c1-25-9-5-8-17(25)21(29)26-10-12-27(13-11-26)22(30)20-18-15-31-19(14-28(18)24-23-20)16-6-3-2-4-7-16/h2-9,19H,10-15H2,1H3. The molecule has 0 aliphatic carbocycles. The van der Waals surface area contributed by atoms with Crippen LogP contribution < -0.4 is 0 Å². The maximum absolute atomic E-state index is 13.1. The number of carbonyl (C=O) groups excluding carboxylic acids is 2. The fourth-order valence-electron chi connectivity index (χ4n) is 4.15. The predicted octanol–water partition coefficient (Wildman–Crippen LogP) is 1.49. The van der Waals surface area contributed by atoms with Crippen molar-refractivity contribution in [3.8, 4) is 0 Å². The second kappa shape index (κ2) is 7.99. The molecule has 160 valence electrons. The molecule has 9 heteroatoms. The number of aromatic nitrogens is 4. The van der Waals surface area contributed by atoms with Gasteiger partial charge >= 0.3 is 0 Å². The fourth-order valence-corrected chi connectivity index (χ4v) is 4.15. The van der Waals surface area contributed by atoms with E-state index in [-0.39, 0.29) is 17.9 Å². The number of benzene rings is 1. The zero-order valence-corrected chi connectivity index (χ0v) is 17.3. The topological polar surface area (TPSA) is 85.5 Å². The average molecular weight is 420 g/mol. The number of amides is 2. The number of ether oxygens (including phenoxy) is 1. The Bertz CT molecular complexity index is 1100. The summed E-state index contributed by atoms with van der Waals surface area (Å²) < 4.78 is 9.58. The van der Waals surface area contributed by atoms with Gasteiger partial charge in [-0.2, -0.15) is 0 Å². The normalized spacial score (nSPS) is 18.7. The molecule has 2 aromatic heterocycles. The third kappa shape index (κ3) is 3.61. The Kier molecular flexibility index (Phi) is 5.03. The molecule has 4 heterocycles. The molecule has 0 N–H and O–H groups in total. The first-order valence-corrected chi connectivity index (χ1v) is 10.4. The molecule has 2 aliphatic heterocycles. The first-order valence-electron chi connectivity index (χ1n) is 10.4. The lowest BCUT2D eigenvalue weighted by molar-refractivity contribution is -0.00202. The summed E-state index contributed by atoms with van der Waals surface area (Å²) in [5, 5.41) is 8.37. The van der Waals surface area contributed by atoms with E-state index in [1.807, 2.05) is 60.3 Å². The molecule has 31 heavy (non-hydrogen) atoms. The van der Waals surface area contributed by atoms with Crippen LogP contribution in [0.4, 0.5) is 0 Å². The van der Waals surface area contributed by atoms with Crippen molar-refractivity contribution >= 4 is 11.8 Å². The van der Waals surface area contributed by atoms with Crippen molar-refractivity contribution in [1.29, 1.82) is 0 Å². The van der Waals surface area contributed by atoms with Crippen molar-refractivity contribution < 1.29 is 14.3 Å². The Balaban J connectivity index is 1.24. The van der Waals surface area contributed by atoms with Gasteiger partial charge in [-0.3, -0.25) is 9.59 Å². The molecule has 1 unspecified atom stereocenters. The minimum Gasteiger partial charge on any atom is -0.365 e. The largest absolute Gasteiger partial charge is 0.365 e. The van der Waals surface area contributed by atoms with E-state index in [4.69, 9.17) is 4.74 Å². The van der Waals surface area contributed by atoms with E-state index in [2.05, 4.69) is 10.3 Å². The first kappa shape index (κ1) is 19.5. The van der Waals surface area contributed by atoms with Crippen LogP contribution in [0.3, 0.4) is 0 Å². The van der Waals surface area contributed by atoms with Gasteiger partial charge in [0.25, 0.3) is 11.8 Å². The summed E-state index contributed by atoms with van der Waals surface area (Å²) in [6.45, 7) is 2.74. The van der Waals surface area contributed by atoms with Crippen LogP contribution in [0.15, 0.2) is 48.7 Å². The number of piperazine rings is 1. The molecule has 2 amide bonds. The van der Waals surface area contributed by atoms with E-state index >= 15 is 0 Å². The second-order valence-corrected chi connectivity index (χ2v) is 7.87. The molecule has 3 aromatic rings. The lowest BCUT2D eigenvalue weighted by Gasteiger charge is -2.34. The molecule has 5 rings (SSSR count). The van der Waals surface area contributed by atoms with Gasteiger partial charge in [0.15, 0.2) is 5.69 Å². The first-order chi connectivity index (χ1) is 15.1. The van der Waals surface area contributed by atoms with Crippen molar-refractivity contribution in [1.82, 2.24) is 29.4 Å². The zero-order chi connectivity index (χ0) is 21.4. The van der Waals surface area contributed by atoms with Crippen molar-refractivity contribution in [3.63, 3.8) is 0 Å². The summed E-state index contributed by atoms with van der Waals surface area (Å²) in [4.78, 5) is 29.3. The molecule has 1 fully saturated rings. The molecule has 1 aromatic carbocycles. The summed E-state index contributed by atoms with van der Waals surface area (Å²) in [7, 11) is 1.85. The summed E-state index contributed by atoms with van der Waals surface area (Å²) in [6.07, 6.45) is 1.75. The van der Waals surface area contributed by atoms with Gasteiger partial charge in [0.05, 0.1) is 18.8 Å². The highest BCUT2D eigenvalue weighted by Crippen LogP contribution is 2.27. The summed E-state index contributed by atoms with van der Waals surface area (Å²) in [5.74, 6) is -0.171. The van der Waals surface area contributed by atoms with Gasteiger partial charge in [-0.05, 0) is 17.7 Å². The molecule has 1 atom stereocenters. The van der Waals surface area contributed by atoms with Gasteiger partial charge in [-0.15, -0.1) is 5.10 Å². The Morgan fingerprint density at radius 2 is 1.68 bits per heavy atom. The molecule has 2 aliphatic rings. The molecule has 0 saturated carbocycles. The number of nitrogens with zero attached hydrogens (tertiary/aromatic N) is 6. The maximum atomic E-state index is 13.1. The Morgan fingerprint density at radius 1 is 0.968 bits per heavy atom. The second-order valence-electron chi connectivity index (χ2n) is 7.87. The molecular formula is C22H24N6O3. The van der Waals surface area contributed by atoms with Crippen LogP contribution in [0.25, 0.3) is 0 Å². The minimum absolute atomic E-state index is 0.0130. The SMILES string of the molecule is Cn1cccc1C(=O)N1CCN(C(=O)c2nnn3c2COC(c2ccccc2)C3)CC1. The lowest BCUT2D eigenvalue weighted by atomic mass is 10.1. The van der Waals surface area contributed by atoms with E-state index in [9.17, 15) is 9.59 Å². The summed E-state index contributed by atoms with van der Waals surface area (Å²) in [6, 6.07) is 13.6. The number of hydrogen-bond acceptors (Lipinski definition) is 5. The third-order valence-electron chi connectivity index (χ3n) is 5.99. The van der Waals surface area contributed by atoms with Crippen molar-refractivity contribution in [2.45, 2.75) is 19.3 Å². The van der Waals surface area contributed by atoms with Crippen LogP contribution in [0, 0.1) is 0 Å². The number of rotatable bonds is 3. The van der Waals surface area contributed by atoms with Crippen LogP contribution in [0.5, 0.6) is 0 Å². The van der Waals surface area contributed by atoms with Gasteiger partial charge in [0.1, 0.15) is 11.8 Å². The highest BCUT2D eigenvalue weighted by molar-refractivity contribution is 5.94. The van der Waals surface area contributed by atoms with E-state index in [0.29, 0.717) is 56.4 Å². The smallest absolute Gasteiger partial charge is 0.276 e. The number of carbonyl (C=O) groups is 2. The molecule has 0 radical (unpaired) electrons. The highest BCUT2D eigenvalue weighted by Gasteiger charge is 2.32. The lowest BCUT2D eigenvalue weighted by Crippen LogP contribution is -2.51. The summed E-state index contributed by atoms with van der Waals surface area (Å²) >= 11 is 0. The van der Waals surface area contributed by atoms with Crippen molar-refractivity contribution in [2.75, 3.05) is 26.2 Å². The Morgan fingerprint density at radius 3 is 2.35 bits per heavy atom. The molecular weight excluding hydrogens is 396 g/mol. The van der Waals surface area contributed by atoms with Crippen LogP contribution >= 0.6 is 0 Å². The number of aryl methyl sites for hydroxylation is 1. The van der Waals surface area contributed by atoms with E-state index in [1.165, 1.54) is 0 Å². The molecule has 1 saturated heterocycles. The van der Waals surface area contributed by atoms with E-state index < -0.39 is 0 Å². The van der Waals surface area contributed by atoms with E-state index in [0.717, 1.165) is 5.56 Å². The zero-order valence-electron chi connectivity index (χ0n) is 17.3. The quantitative estimate of drug-likeness (QED) is 0.641. The van der Waals surface area contributed by atoms with Crippen molar-refractivity contribution in [2.24, 2.45) is 7.05 Å². The predicted molar refractivity (Wildman–Crippen MR) is 111 cm³/mol. The van der Waals surface area contributed by atoms with Crippen LogP contribution in [0.2, 0.25) is 0 Å². The van der Waals surface area contributed by atoms with Crippen molar-refractivity contribution in [3.05, 3.63) is 71.3 Å². The number of hydrogen-bond donors (Lipinski definition) is 0. The maximum Gasteiger partial charge on any atom is 0.276 e. The van der Waals surface area contributed by atoms with Crippen LogP contribution in [0.1, 0.15) is 38.3 Å². The van der Waals surface area contributed by atoms with Gasteiger partial charge in [0.2, 0.25) is 0 Å². The van der Waals surface area contributed by atoms with Gasteiger partial charge < -0.3 is 19.1 Å². The van der Waals surface area contributed by atoms with E-state index in [1.54, 1.807) is 14.5 Å². The molecule has 0 spiro atoms. The van der Waals surface area contributed by atoms with Gasteiger partial charge in [-0.1, -0.05) is 35.5 Å². The molecule has 9 nitrogen and oxygen atoms in total. The summed E-state index contributed by atoms with van der Waals surface area (Å²) in [5.41, 5.74) is 2.78. The Labute approximate surface area is 179 Å². The van der Waals surface area contributed by atoms with Crippen LogP contribution in [-0.2, 0) is 24.9 Å². The third-order valence-corrected chi connectivity index (χ3v) is 5.99. The monoisotopic (exact) mass is 420 g/mol. The minimum atomic E-state index is -0.158. The average Bonchev–Trinajstić information content (AvgIpc) is 3.44. The van der Waals surface area contributed by atoms with Gasteiger partial charge in [0, 0.05) is 39.4 Å². The highest BCUT2D eigenvalue weighted by atomic mass is 16.5. The fraction of sp³-hybridized carbons (Fsp3) is 0.364.